The van der Waals surface area contributed by atoms with Gasteiger partial charge in [-0.3, -0.25) is 0 Å². The van der Waals surface area contributed by atoms with E-state index >= 15 is 0 Å². The predicted octanol–water partition coefficient (Wildman–Crippen LogP) is 6.97. The number of benzene rings is 3. The second-order valence-electron chi connectivity index (χ2n) is 8.56. The van der Waals surface area contributed by atoms with Crippen molar-refractivity contribution in [2.24, 2.45) is 4.99 Å². The zero-order valence-electron chi connectivity index (χ0n) is 18.4. The summed E-state index contributed by atoms with van der Waals surface area (Å²) in [4.78, 5) is 6.72. The van der Waals surface area contributed by atoms with Gasteiger partial charge in [-0.1, -0.05) is 18.2 Å². The van der Waals surface area contributed by atoms with Crippen molar-refractivity contribution >= 4 is 45.1 Å². The highest BCUT2D eigenvalue weighted by Crippen LogP contribution is 2.41. The van der Waals surface area contributed by atoms with Crippen molar-refractivity contribution in [3.63, 3.8) is 0 Å². The van der Waals surface area contributed by atoms with Crippen LogP contribution in [0.3, 0.4) is 0 Å². The molecule has 0 N–H and O–H groups in total. The van der Waals surface area contributed by atoms with Crippen molar-refractivity contribution in [1.82, 2.24) is 0 Å². The summed E-state index contributed by atoms with van der Waals surface area (Å²) in [5.41, 5.74) is 0.114. The van der Waals surface area contributed by atoms with E-state index in [2.05, 4.69) is 22.6 Å². The molecule has 0 unspecified atom stereocenters. The number of allylic oxidation sites excluding steroid dienone is 3. The lowest BCUT2D eigenvalue weighted by Crippen LogP contribution is -2.37. The van der Waals surface area contributed by atoms with Gasteiger partial charge in [-0.05, 0) is 88.3 Å². The quantitative estimate of drug-likeness (QED) is 0.218. The highest BCUT2D eigenvalue weighted by Gasteiger charge is 2.37. The lowest BCUT2D eigenvalue weighted by molar-refractivity contribution is -0.143. The molecule has 0 spiro atoms. The van der Waals surface area contributed by atoms with Gasteiger partial charge in [-0.2, -0.15) is 26.3 Å². The molecule has 0 saturated heterocycles. The molecular weight excluding hydrogens is 581 g/mol. The summed E-state index contributed by atoms with van der Waals surface area (Å²) in [6.07, 6.45) is -1.52. The van der Waals surface area contributed by atoms with Gasteiger partial charge in [0.1, 0.15) is 0 Å². The van der Waals surface area contributed by atoms with Crippen LogP contribution >= 0.6 is 22.6 Å². The third-order valence-corrected chi connectivity index (χ3v) is 6.97. The second kappa shape index (κ2) is 8.11. The number of alkyl halides is 6. The van der Waals surface area contributed by atoms with E-state index in [1.54, 1.807) is 12.1 Å². The maximum Gasteiger partial charge on any atom is 0.416 e. The molecule has 2 nitrogen and oxygen atoms in total. The van der Waals surface area contributed by atoms with E-state index in [0.717, 1.165) is 50.4 Å². The molecule has 0 amide bonds. The minimum Gasteiger partial charge on any atom is -0.347 e. The van der Waals surface area contributed by atoms with Gasteiger partial charge < -0.3 is 4.90 Å². The van der Waals surface area contributed by atoms with Crippen LogP contribution in [0, 0.1) is 3.57 Å². The van der Waals surface area contributed by atoms with Gasteiger partial charge in [0.2, 0.25) is 0 Å². The van der Waals surface area contributed by atoms with Crippen molar-refractivity contribution in [3.8, 4) is 11.1 Å². The Labute approximate surface area is 210 Å². The van der Waals surface area contributed by atoms with Gasteiger partial charge in [0.25, 0.3) is 0 Å². The molecule has 0 aromatic heterocycles. The van der Waals surface area contributed by atoms with Crippen molar-refractivity contribution in [2.75, 3.05) is 11.9 Å². The SMILES string of the molecule is CC1=CN(C)c2c(c3c(c4cc(-c5cc(C(F)(F)F)cc(C(F)(F)F)c5)cc(I)c24)CC=CC=3)=N1. The fourth-order valence-corrected chi connectivity index (χ4v) is 5.55. The van der Waals surface area contributed by atoms with Crippen LogP contribution in [0.2, 0.25) is 0 Å². The molecule has 3 aromatic carbocycles. The second-order valence-corrected chi connectivity index (χ2v) is 9.72. The van der Waals surface area contributed by atoms with E-state index in [1.807, 2.05) is 43.3 Å². The average molecular weight is 598 g/mol. The number of anilines is 1. The van der Waals surface area contributed by atoms with Crippen molar-refractivity contribution in [2.45, 2.75) is 25.7 Å². The van der Waals surface area contributed by atoms with E-state index in [-0.39, 0.29) is 17.2 Å². The zero-order valence-corrected chi connectivity index (χ0v) is 20.6. The van der Waals surface area contributed by atoms with Gasteiger partial charge in [0.05, 0.1) is 27.9 Å². The molecule has 180 valence electrons. The van der Waals surface area contributed by atoms with Crippen LogP contribution in [-0.4, -0.2) is 7.05 Å². The maximum atomic E-state index is 13.5. The summed E-state index contributed by atoms with van der Waals surface area (Å²) in [7, 11) is 1.90. The average Bonchev–Trinajstić information content (AvgIpc) is 2.77. The van der Waals surface area contributed by atoms with E-state index < -0.39 is 23.5 Å². The van der Waals surface area contributed by atoms with Crippen molar-refractivity contribution < 1.29 is 26.3 Å². The summed E-state index contributed by atoms with van der Waals surface area (Å²) < 4.78 is 81.5. The third-order valence-electron chi connectivity index (χ3n) is 6.12. The summed E-state index contributed by atoms with van der Waals surface area (Å²) in [5.74, 6) is 0. The first-order chi connectivity index (χ1) is 16.3. The maximum absolute atomic E-state index is 13.5. The first-order valence-electron chi connectivity index (χ1n) is 10.6. The standard InChI is InChI=1S/C26H17F6IN2/c1-13-12-35(2)24-22-20(18-5-3-4-6-19(18)23(24)34-13)9-15(10-21(22)33)14-7-16(25(27,28)29)11-17(8-14)26(30,31)32/h3-4,6-12H,5H2,1-2H3. The van der Waals surface area contributed by atoms with Crippen LogP contribution in [0.4, 0.5) is 32.0 Å². The Hall–Kier alpha value is -2.82. The predicted molar refractivity (Wildman–Crippen MR) is 132 cm³/mol. The highest BCUT2D eigenvalue weighted by atomic mass is 127. The number of hydrogen-bond donors (Lipinski definition) is 0. The first-order valence-corrected chi connectivity index (χ1v) is 11.7. The molecular formula is C26H17F6IN2. The van der Waals surface area contributed by atoms with Crippen LogP contribution < -0.4 is 15.5 Å². The smallest absolute Gasteiger partial charge is 0.347 e. The number of nitrogens with zero attached hydrogens (tertiary/aromatic N) is 2. The van der Waals surface area contributed by atoms with Crippen LogP contribution in [0.25, 0.3) is 28.0 Å². The molecule has 2 aliphatic rings. The molecule has 5 rings (SSSR count). The van der Waals surface area contributed by atoms with Crippen LogP contribution in [0.15, 0.2) is 59.4 Å². The zero-order chi connectivity index (χ0) is 25.3. The Balaban J connectivity index is 1.87. The molecule has 0 bridgehead atoms. The molecule has 0 fully saturated rings. The summed E-state index contributed by atoms with van der Waals surface area (Å²) >= 11 is 2.09. The van der Waals surface area contributed by atoms with Gasteiger partial charge in [-0.15, -0.1) is 0 Å². The van der Waals surface area contributed by atoms with E-state index in [4.69, 9.17) is 4.99 Å². The first kappa shape index (κ1) is 23.9. The largest absolute Gasteiger partial charge is 0.416 e. The number of hydrogen-bond acceptors (Lipinski definition) is 2. The van der Waals surface area contributed by atoms with Crippen LogP contribution in [-0.2, 0) is 18.8 Å². The van der Waals surface area contributed by atoms with Gasteiger partial charge in [0.15, 0.2) is 0 Å². The lowest BCUT2D eigenvalue weighted by atomic mass is 9.90. The number of halogens is 7. The minimum atomic E-state index is -4.91. The third kappa shape index (κ3) is 4.13. The fraction of sp³-hybridized carbons (Fsp3) is 0.192. The Bertz CT molecular complexity index is 1550. The minimum absolute atomic E-state index is 0.137. The number of rotatable bonds is 1. The van der Waals surface area contributed by atoms with E-state index in [1.165, 1.54) is 0 Å². The number of fused-ring (bicyclic) bond motifs is 6. The van der Waals surface area contributed by atoms with E-state index in [9.17, 15) is 26.3 Å². The topological polar surface area (TPSA) is 15.6 Å². The molecule has 1 aliphatic carbocycles. The molecule has 9 heteroatoms. The molecule has 0 radical (unpaired) electrons. The van der Waals surface area contributed by atoms with Crippen molar-refractivity contribution in [3.05, 3.63) is 85.2 Å². The monoisotopic (exact) mass is 598 g/mol. The Morgan fingerprint density at radius 1 is 0.914 bits per heavy atom. The van der Waals surface area contributed by atoms with Gasteiger partial charge >= 0.3 is 12.4 Å². The lowest BCUT2D eigenvalue weighted by Gasteiger charge is -2.25. The Morgan fingerprint density at radius 2 is 1.54 bits per heavy atom. The molecule has 1 aliphatic heterocycles. The Morgan fingerprint density at radius 3 is 2.17 bits per heavy atom. The molecule has 3 aromatic rings. The molecule has 0 atom stereocenters. The molecule has 1 heterocycles. The van der Waals surface area contributed by atoms with E-state index in [0.29, 0.717) is 9.99 Å². The van der Waals surface area contributed by atoms with Gasteiger partial charge in [-0.25, -0.2) is 4.99 Å². The van der Waals surface area contributed by atoms with Crippen molar-refractivity contribution in [1.29, 1.82) is 0 Å². The van der Waals surface area contributed by atoms with Gasteiger partial charge in [0, 0.05) is 27.4 Å². The fourth-order valence-electron chi connectivity index (χ4n) is 4.66. The highest BCUT2D eigenvalue weighted by molar-refractivity contribution is 14.1. The normalized spacial score (nSPS) is 15.3. The molecule has 0 saturated carbocycles. The Kier molecular flexibility index (Phi) is 5.54. The molecule has 35 heavy (non-hydrogen) atoms. The summed E-state index contributed by atoms with van der Waals surface area (Å²) in [6, 6.07) is 5.03. The van der Waals surface area contributed by atoms with Crippen LogP contribution in [0.1, 0.15) is 23.6 Å². The van der Waals surface area contributed by atoms with Crippen LogP contribution in [0.5, 0.6) is 0 Å². The summed E-state index contributed by atoms with van der Waals surface area (Å²) in [5, 5.41) is 3.36. The summed E-state index contributed by atoms with van der Waals surface area (Å²) in [6.45, 7) is 1.90.